The molecule has 1 amide bonds. The third-order valence-corrected chi connectivity index (χ3v) is 8.58. The van der Waals surface area contributed by atoms with Gasteiger partial charge in [-0.3, -0.25) is 9.69 Å². The van der Waals surface area contributed by atoms with Gasteiger partial charge < -0.3 is 9.64 Å². The van der Waals surface area contributed by atoms with Crippen LogP contribution in [0.1, 0.15) is 44.1 Å². The van der Waals surface area contributed by atoms with Crippen molar-refractivity contribution in [1.29, 1.82) is 0 Å². The van der Waals surface area contributed by atoms with Crippen LogP contribution in [0.3, 0.4) is 0 Å². The van der Waals surface area contributed by atoms with Gasteiger partial charge in [-0.15, -0.1) is 0 Å². The number of hydrogen-bond donors (Lipinski definition) is 0. The third kappa shape index (κ3) is 5.98. The third-order valence-electron chi connectivity index (χ3n) is 6.67. The molecular formula is C24H35N3O4S. The summed E-state index contributed by atoms with van der Waals surface area (Å²) in [5.74, 6) is 0.00281. The van der Waals surface area contributed by atoms with Crippen molar-refractivity contribution >= 4 is 22.0 Å². The fourth-order valence-corrected chi connectivity index (χ4v) is 6.20. The summed E-state index contributed by atoms with van der Waals surface area (Å²) < 4.78 is 33.1. The van der Waals surface area contributed by atoms with Crippen LogP contribution in [0.25, 0.3) is 6.08 Å². The highest BCUT2D eigenvalue weighted by molar-refractivity contribution is 7.89. The molecule has 8 heteroatoms. The lowest BCUT2D eigenvalue weighted by atomic mass is 10.2. The van der Waals surface area contributed by atoms with Gasteiger partial charge in [-0.2, -0.15) is 4.31 Å². The van der Waals surface area contributed by atoms with Crippen LogP contribution in [0.15, 0.2) is 35.2 Å². The number of ether oxygens (including phenoxy) is 1. The molecule has 0 spiro atoms. The molecule has 3 aliphatic rings. The van der Waals surface area contributed by atoms with E-state index in [-0.39, 0.29) is 5.91 Å². The van der Waals surface area contributed by atoms with Crippen LogP contribution in [0.4, 0.5) is 0 Å². The molecular weight excluding hydrogens is 426 g/mol. The Balaban J connectivity index is 1.28. The molecule has 0 saturated carbocycles. The number of nitrogens with zero attached hydrogens (tertiary/aromatic N) is 3. The molecule has 3 aliphatic heterocycles. The van der Waals surface area contributed by atoms with Crippen LogP contribution in [-0.2, 0) is 19.6 Å². The van der Waals surface area contributed by atoms with Gasteiger partial charge in [0, 0.05) is 58.5 Å². The number of rotatable bonds is 6. The summed E-state index contributed by atoms with van der Waals surface area (Å²) in [4.78, 5) is 17.2. The van der Waals surface area contributed by atoms with Crippen molar-refractivity contribution in [3.05, 3.63) is 35.9 Å². The van der Waals surface area contributed by atoms with Crippen LogP contribution >= 0.6 is 0 Å². The van der Waals surface area contributed by atoms with E-state index in [0.29, 0.717) is 24.1 Å². The van der Waals surface area contributed by atoms with Crippen LogP contribution in [-0.4, -0.2) is 87.0 Å². The van der Waals surface area contributed by atoms with Gasteiger partial charge in [0.2, 0.25) is 15.9 Å². The maximum absolute atomic E-state index is 12.9. The Morgan fingerprint density at radius 2 is 1.62 bits per heavy atom. The van der Waals surface area contributed by atoms with Crippen molar-refractivity contribution in [2.45, 2.75) is 49.5 Å². The van der Waals surface area contributed by atoms with Gasteiger partial charge in [0.1, 0.15) is 0 Å². The second-order valence-corrected chi connectivity index (χ2v) is 10.9. The van der Waals surface area contributed by atoms with E-state index in [1.54, 1.807) is 40.7 Å². The monoisotopic (exact) mass is 461 g/mol. The van der Waals surface area contributed by atoms with Gasteiger partial charge in [0.25, 0.3) is 0 Å². The average Bonchev–Trinajstić information content (AvgIpc) is 3.16. The van der Waals surface area contributed by atoms with Crippen LogP contribution in [0.2, 0.25) is 0 Å². The molecule has 1 aromatic rings. The number of hydrogen-bond acceptors (Lipinski definition) is 5. The van der Waals surface area contributed by atoms with E-state index < -0.39 is 10.0 Å². The number of piperazine rings is 1. The van der Waals surface area contributed by atoms with Crippen LogP contribution < -0.4 is 0 Å². The SMILES string of the molecule is O=C(/C=C/c1ccc(S(=O)(=O)N2CCCCCC2)cc1)N1CCN(CC2CCCO2)CC1. The van der Waals surface area contributed by atoms with Crippen molar-refractivity contribution in [3.8, 4) is 0 Å². The van der Waals surface area contributed by atoms with Crippen molar-refractivity contribution in [2.24, 2.45) is 0 Å². The first-order valence-electron chi connectivity index (χ1n) is 11.9. The van der Waals surface area contributed by atoms with Crippen molar-refractivity contribution in [2.75, 3.05) is 52.4 Å². The summed E-state index contributed by atoms with van der Waals surface area (Å²) >= 11 is 0. The van der Waals surface area contributed by atoms with Crippen LogP contribution in [0, 0.1) is 0 Å². The smallest absolute Gasteiger partial charge is 0.246 e. The largest absolute Gasteiger partial charge is 0.377 e. The summed E-state index contributed by atoms with van der Waals surface area (Å²) in [6.07, 6.45) is 10.0. The first-order chi connectivity index (χ1) is 15.5. The summed E-state index contributed by atoms with van der Waals surface area (Å²) in [7, 11) is -3.44. The minimum atomic E-state index is -3.44. The molecule has 0 aromatic heterocycles. The van der Waals surface area contributed by atoms with E-state index in [2.05, 4.69) is 4.90 Å². The summed E-state index contributed by atoms with van der Waals surface area (Å²) in [5.41, 5.74) is 0.824. The van der Waals surface area contributed by atoms with Crippen LogP contribution in [0.5, 0.6) is 0 Å². The van der Waals surface area contributed by atoms with Gasteiger partial charge in [-0.05, 0) is 49.5 Å². The van der Waals surface area contributed by atoms with Gasteiger partial charge in [0.05, 0.1) is 11.0 Å². The predicted octanol–water partition coefficient (Wildman–Crippen LogP) is 2.59. The Labute approximate surface area is 192 Å². The van der Waals surface area contributed by atoms with E-state index in [9.17, 15) is 13.2 Å². The normalized spacial score (nSPS) is 24.1. The number of benzene rings is 1. The van der Waals surface area contributed by atoms with Gasteiger partial charge in [-0.25, -0.2) is 8.42 Å². The molecule has 1 atom stereocenters. The Kier molecular flexibility index (Phi) is 7.99. The zero-order valence-corrected chi connectivity index (χ0v) is 19.6. The fourth-order valence-electron chi connectivity index (χ4n) is 4.68. The minimum absolute atomic E-state index is 0.00281. The van der Waals surface area contributed by atoms with E-state index >= 15 is 0 Å². The summed E-state index contributed by atoms with van der Waals surface area (Å²) in [6.45, 7) is 6.24. The maximum atomic E-state index is 12.9. The molecule has 32 heavy (non-hydrogen) atoms. The highest BCUT2D eigenvalue weighted by Crippen LogP contribution is 2.21. The summed E-state index contributed by atoms with van der Waals surface area (Å²) in [6, 6.07) is 6.84. The Morgan fingerprint density at radius 1 is 0.938 bits per heavy atom. The quantitative estimate of drug-likeness (QED) is 0.609. The molecule has 3 saturated heterocycles. The maximum Gasteiger partial charge on any atom is 0.246 e. The molecule has 3 heterocycles. The van der Waals surface area contributed by atoms with Crippen molar-refractivity contribution in [3.63, 3.8) is 0 Å². The van der Waals surface area contributed by atoms with Crippen molar-refractivity contribution < 1.29 is 17.9 Å². The van der Waals surface area contributed by atoms with E-state index in [1.807, 2.05) is 4.90 Å². The first kappa shape index (κ1) is 23.4. The topological polar surface area (TPSA) is 70.2 Å². The Bertz CT molecular complexity index is 878. The number of carbonyl (C=O) groups excluding carboxylic acids is 1. The fraction of sp³-hybridized carbons (Fsp3) is 0.625. The van der Waals surface area contributed by atoms with Crippen molar-refractivity contribution in [1.82, 2.24) is 14.1 Å². The van der Waals surface area contributed by atoms with Gasteiger partial charge in [0.15, 0.2) is 0 Å². The molecule has 1 unspecified atom stereocenters. The molecule has 3 fully saturated rings. The first-order valence-corrected chi connectivity index (χ1v) is 13.4. The highest BCUT2D eigenvalue weighted by Gasteiger charge is 2.25. The highest BCUT2D eigenvalue weighted by atomic mass is 32.2. The van der Waals surface area contributed by atoms with Gasteiger partial charge >= 0.3 is 0 Å². The lowest BCUT2D eigenvalue weighted by molar-refractivity contribution is -0.127. The zero-order valence-electron chi connectivity index (χ0n) is 18.8. The second-order valence-electron chi connectivity index (χ2n) is 8.98. The van der Waals surface area contributed by atoms with E-state index in [0.717, 1.165) is 83.4 Å². The van der Waals surface area contributed by atoms with Gasteiger partial charge in [-0.1, -0.05) is 25.0 Å². The molecule has 0 bridgehead atoms. The zero-order chi connectivity index (χ0) is 22.4. The summed E-state index contributed by atoms with van der Waals surface area (Å²) in [5, 5.41) is 0. The second kappa shape index (κ2) is 10.9. The predicted molar refractivity (Wildman–Crippen MR) is 125 cm³/mol. The molecule has 176 valence electrons. The molecule has 0 aliphatic carbocycles. The Hall–Kier alpha value is -1.74. The average molecular weight is 462 g/mol. The molecule has 7 nitrogen and oxygen atoms in total. The number of amides is 1. The lowest BCUT2D eigenvalue weighted by Crippen LogP contribution is -2.50. The minimum Gasteiger partial charge on any atom is -0.377 e. The molecule has 0 radical (unpaired) electrons. The van der Waals surface area contributed by atoms with E-state index in [1.165, 1.54) is 0 Å². The number of carbonyl (C=O) groups is 1. The molecule has 1 aromatic carbocycles. The standard InChI is InChI=1S/C24H35N3O4S/c28-24(26-17-15-25(16-18-26)20-22-6-5-19-31-22)12-9-21-7-10-23(11-8-21)32(29,30)27-13-3-1-2-4-14-27/h7-12,22H,1-6,13-20H2/b12-9+. The Morgan fingerprint density at radius 3 is 2.25 bits per heavy atom. The molecule has 0 N–H and O–H groups in total. The van der Waals surface area contributed by atoms with E-state index in [4.69, 9.17) is 4.74 Å². The number of sulfonamides is 1. The lowest BCUT2D eigenvalue weighted by Gasteiger charge is -2.35. The molecule has 4 rings (SSSR count).